The summed E-state index contributed by atoms with van der Waals surface area (Å²) in [6, 6.07) is -0.0164. The third-order valence-electron chi connectivity index (χ3n) is 2.82. The normalized spacial score (nSPS) is 23.7. The molecule has 2 aliphatic rings. The molecule has 15 heavy (non-hydrogen) atoms. The Morgan fingerprint density at radius 3 is 2.80 bits per heavy atom. The molecular formula is C9H17N3O2S. The Bertz CT molecular complexity index is 268. The van der Waals surface area contributed by atoms with Crippen LogP contribution < -0.4 is 10.6 Å². The number of rotatable bonds is 5. The van der Waals surface area contributed by atoms with Crippen LogP contribution in [-0.4, -0.2) is 59.4 Å². The Balaban J connectivity index is 1.63. The summed E-state index contributed by atoms with van der Waals surface area (Å²) in [5, 5.41) is 5.90. The van der Waals surface area contributed by atoms with Crippen molar-refractivity contribution in [2.75, 3.05) is 44.2 Å². The number of urea groups is 1. The Labute approximate surface area is 92.0 Å². The first-order valence-corrected chi connectivity index (χ1v) is 6.83. The Morgan fingerprint density at radius 1 is 1.47 bits per heavy atom. The lowest BCUT2D eigenvalue weighted by Gasteiger charge is -2.26. The highest BCUT2D eigenvalue weighted by Crippen LogP contribution is 2.05. The molecule has 2 fully saturated rings. The summed E-state index contributed by atoms with van der Waals surface area (Å²) in [6.45, 7) is 4.09. The van der Waals surface area contributed by atoms with Gasteiger partial charge in [0.2, 0.25) is 0 Å². The molecule has 0 bridgehead atoms. The Morgan fingerprint density at radius 2 is 2.27 bits per heavy atom. The smallest absolute Gasteiger partial charge is 0.317 e. The van der Waals surface area contributed by atoms with Crippen LogP contribution in [0.15, 0.2) is 0 Å². The van der Waals surface area contributed by atoms with Gasteiger partial charge < -0.3 is 15.5 Å². The van der Waals surface area contributed by atoms with E-state index in [1.807, 2.05) is 0 Å². The van der Waals surface area contributed by atoms with Crippen LogP contribution in [0.1, 0.15) is 0 Å². The van der Waals surface area contributed by atoms with Crippen molar-refractivity contribution in [2.45, 2.75) is 0 Å². The molecule has 2 aliphatic heterocycles. The second kappa shape index (κ2) is 4.94. The fourth-order valence-electron chi connectivity index (χ4n) is 1.75. The summed E-state index contributed by atoms with van der Waals surface area (Å²) in [4.78, 5) is 12.9. The number of carbonyl (C=O) groups is 1. The number of carbonyl (C=O) groups excluding carboxylic acids is 1. The van der Waals surface area contributed by atoms with Crippen molar-refractivity contribution in [1.29, 1.82) is 0 Å². The van der Waals surface area contributed by atoms with E-state index >= 15 is 0 Å². The molecule has 0 radical (unpaired) electrons. The molecule has 0 aromatic carbocycles. The largest absolute Gasteiger partial charge is 0.336 e. The SMILES string of the molecule is O=C1NCCN1CCS(=O)CC1CNC1. The summed E-state index contributed by atoms with van der Waals surface area (Å²) >= 11 is 0. The van der Waals surface area contributed by atoms with E-state index in [1.165, 1.54) is 0 Å². The van der Waals surface area contributed by atoms with E-state index in [9.17, 15) is 9.00 Å². The summed E-state index contributed by atoms with van der Waals surface area (Å²) in [5.74, 6) is 1.98. The van der Waals surface area contributed by atoms with E-state index in [4.69, 9.17) is 0 Å². The molecule has 0 spiro atoms. The van der Waals surface area contributed by atoms with Gasteiger partial charge in [0, 0.05) is 55.0 Å². The van der Waals surface area contributed by atoms with Gasteiger partial charge in [0.05, 0.1) is 0 Å². The molecule has 2 heterocycles. The molecule has 0 aromatic rings. The van der Waals surface area contributed by atoms with Gasteiger partial charge >= 0.3 is 6.03 Å². The zero-order valence-corrected chi connectivity index (χ0v) is 9.52. The fourth-order valence-corrected chi connectivity index (χ4v) is 3.10. The van der Waals surface area contributed by atoms with Crippen LogP contribution in [0.4, 0.5) is 4.79 Å². The zero-order valence-electron chi connectivity index (χ0n) is 8.70. The summed E-state index contributed by atoms with van der Waals surface area (Å²) in [7, 11) is -0.771. The van der Waals surface area contributed by atoms with Crippen molar-refractivity contribution < 1.29 is 9.00 Å². The number of nitrogens with zero attached hydrogens (tertiary/aromatic N) is 1. The van der Waals surface area contributed by atoms with E-state index in [0.717, 1.165) is 31.9 Å². The van der Waals surface area contributed by atoms with Crippen LogP contribution in [0, 0.1) is 5.92 Å². The van der Waals surface area contributed by atoms with Crippen molar-refractivity contribution in [2.24, 2.45) is 5.92 Å². The molecule has 6 heteroatoms. The zero-order chi connectivity index (χ0) is 10.7. The van der Waals surface area contributed by atoms with Gasteiger partial charge in [-0.15, -0.1) is 0 Å². The maximum atomic E-state index is 11.6. The highest BCUT2D eigenvalue weighted by atomic mass is 32.2. The topological polar surface area (TPSA) is 61.4 Å². The first-order chi connectivity index (χ1) is 7.25. The monoisotopic (exact) mass is 231 g/mol. The van der Waals surface area contributed by atoms with Gasteiger partial charge in [0.1, 0.15) is 0 Å². The second-order valence-electron chi connectivity index (χ2n) is 4.05. The van der Waals surface area contributed by atoms with Crippen molar-refractivity contribution in [1.82, 2.24) is 15.5 Å². The lowest BCUT2D eigenvalue weighted by molar-refractivity contribution is 0.220. The quantitative estimate of drug-likeness (QED) is 0.637. The summed E-state index contributed by atoms with van der Waals surface area (Å²) < 4.78 is 11.6. The van der Waals surface area contributed by atoms with Gasteiger partial charge in [-0.2, -0.15) is 0 Å². The van der Waals surface area contributed by atoms with Crippen LogP contribution in [0.25, 0.3) is 0 Å². The molecule has 2 N–H and O–H groups in total. The van der Waals surface area contributed by atoms with E-state index in [2.05, 4.69) is 10.6 Å². The van der Waals surface area contributed by atoms with E-state index < -0.39 is 10.8 Å². The van der Waals surface area contributed by atoms with Crippen LogP contribution in [0.5, 0.6) is 0 Å². The first-order valence-electron chi connectivity index (χ1n) is 5.34. The van der Waals surface area contributed by atoms with Gasteiger partial charge in [-0.25, -0.2) is 4.79 Å². The third-order valence-corrected chi connectivity index (χ3v) is 4.30. The molecule has 5 nitrogen and oxygen atoms in total. The van der Waals surface area contributed by atoms with Crippen LogP contribution in [-0.2, 0) is 10.8 Å². The summed E-state index contributed by atoms with van der Waals surface area (Å²) in [6.07, 6.45) is 0. The van der Waals surface area contributed by atoms with Gasteiger partial charge in [-0.1, -0.05) is 0 Å². The van der Waals surface area contributed by atoms with E-state index in [1.54, 1.807) is 4.90 Å². The number of hydrogen-bond acceptors (Lipinski definition) is 3. The summed E-state index contributed by atoms with van der Waals surface area (Å²) in [5.41, 5.74) is 0. The molecule has 2 saturated heterocycles. The molecule has 2 amide bonds. The predicted octanol–water partition coefficient (Wildman–Crippen LogP) is -1.02. The highest BCUT2D eigenvalue weighted by molar-refractivity contribution is 7.85. The highest BCUT2D eigenvalue weighted by Gasteiger charge is 2.22. The molecule has 1 unspecified atom stereocenters. The fraction of sp³-hybridized carbons (Fsp3) is 0.889. The van der Waals surface area contributed by atoms with Crippen LogP contribution in [0.3, 0.4) is 0 Å². The lowest BCUT2D eigenvalue weighted by Crippen LogP contribution is -2.45. The van der Waals surface area contributed by atoms with Crippen molar-refractivity contribution in [3.63, 3.8) is 0 Å². The second-order valence-corrected chi connectivity index (χ2v) is 5.68. The number of nitrogens with one attached hydrogen (secondary N) is 2. The van der Waals surface area contributed by atoms with Gasteiger partial charge in [0.15, 0.2) is 0 Å². The predicted molar refractivity (Wildman–Crippen MR) is 59.2 cm³/mol. The van der Waals surface area contributed by atoms with Crippen molar-refractivity contribution in [3.8, 4) is 0 Å². The maximum absolute atomic E-state index is 11.6. The minimum atomic E-state index is -0.771. The maximum Gasteiger partial charge on any atom is 0.317 e. The molecule has 86 valence electrons. The van der Waals surface area contributed by atoms with E-state index in [0.29, 0.717) is 18.2 Å². The van der Waals surface area contributed by atoms with Crippen LogP contribution >= 0.6 is 0 Å². The minimum Gasteiger partial charge on any atom is -0.336 e. The molecule has 1 atom stereocenters. The van der Waals surface area contributed by atoms with E-state index in [-0.39, 0.29) is 6.03 Å². The third kappa shape index (κ3) is 2.92. The van der Waals surface area contributed by atoms with Crippen molar-refractivity contribution in [3.05, 3.63) is 0 Å². The minimum absolute atomic E-state index is 0.0164. The molecule has 0 aromatic heterocycles. The number of hydrogen-bond donors (Lipinski definition) is 2. The van der Waals surface area contributed by atoms with Gasteiger partial charge in [-0.3, -0.25) is 4.21 Å². The van der Waals surface area contributed by atoms with Gasteiger partial charge in [0.25, 0.3) is 0 Å². The average Bonchev–Trinajstić information content (AvgIpc) is 2.55. The first kappa shape index (κ1) is 10.9. The lowest BCUT2D eigenvalue weighted by atomic mass is 10.1. The Kier molecular flexibility index (Phi) is 3.58. The molecular weight excluding hydrogens is 214 g/mol. The number of amides is 2. The van der Waals surface area contributed by atoms with Crippen LogP contribution in [0.2, 0.25) is 0 Å². The Hall–Kier alpha value is -0.620. The standard InChI is InChI=1S/C9H17N3O2S/c13-9-11-1-2-12(9)3-4-15(14)7-8-5-10-6-8/h8,10H,1-7H2,(H,11,13). The molecule has 2 rings (SSSR count). The average molecular weight is 231 g/mol. The molecule has 0 aliphatic carbocycles. The molecule has 0 saturated carbocycles. The van der Waals surface area contributed by atoms with Crippen molar-refractivity contribution >= 4 is 16.8 Å². The van der Waals surface area contributed by atoms with Gasteiger partial charge in [-0.05, 0) is 5.92 Å².